The van der Waals surface area contributed by atoms with Crippen molar-refractivity contribution in [3.8, 4) is 17.6 Å². The Morgan fingerprint density at radius 2 is 2.06 bits per heavy atom. The standard InChI is InChI=1S/C25H19ClN6O3/c1-35-21-8-7-18(26)11-20(21)31-14-16(10-23(31)33)25(34)30-24-17(12-27)13-28-32(24)22-9-6-15-4-2-3-5-19(15)29-22/h2-9,11,13,16H,10,14H2,1H3,(H,30,34). The van der Waals surface area contributed by atoms with E-state index in [1.165, 1.54) is 22.9 Å². The lowest BCUT2D eigenvalue weighted by molar-refractivity contribution is -0.122. The van der Waals surface area contributed by atoms with Gasteiger partial charge in [-0.2, -0.15) is 15.0 Å². The zero-order valence-corrected chi connectivity index (χ0v) is 19.4. The fourth-order valence-electron chi connectivity index (χ4n) is 4.11. The highest BCUT2D eigenvalue weighted by molar-refractivity contribution is 6.31. The van der Waals surface area contributed by atoms with E-state index in [1.54, 1.807) is 24.3 Å². The molecule has 2 aromatic heterocycles. The molecule has 1 atom stereocenters. The molecule has 0 spiro atoms. The number of ether oxygens (including phenoxy) is 1. The quantitative estimate of drug-likeness (QED) is 0.457. The largest absolute Gasteiger partial charge is 0.495 e. The molecule has 9 nitrogen and oxygen atoms in total. The van der Waals surface area contributed by atoms with Crippen LogP contribution in [0.1, 0.15) is 12.0 Å². The number of hydrogen-bond donors (Lipinski definition) is 1. The van der Waals surface area contributed by atoms with Crippen molar-refractivity contribution in [3.05, 3.63) is 71.4 Å². The van der Waals surface area contributed by atoms with Crippen molar-refractivity contribution >= 4 is 45.8 Å². The third-order valence-corrected chi connectivity index (χ3v) is 6.09. The summed E-state index contributed by atoms with van der Waals surface area (Å²) in [4.78, 5) is 32.1. The maximum Gasteiger partial charge on any atom is 0.231 e. The van der Waals surface area contributed by atoms with E-state index in [2.05, 4.69) is 15.4 Å². The number of fused-ring (bicyclic) bond motifs is 1. The van der Waals surface area contributed by atoms with E-state index in [1.807, 2.05) is 36.4 Å². The zero-order chi connectivity index (χ0) is 24.5. The van der Waals surface area contributed by atoms with Gasteiger partial charge in [-0.15, -0.1) is 0 Å². The number of anilines is 2. The van der Waals surface area contributed by atoms with Crippen LogP contribution in [0.25, 0.3) is 16.7 Å². The van der Waals surface area contributed by atoms with Gasteiger partial charge in [0.25, 0.3) is 0 Å². The second kappa shape index (κ2) is 9.08. The Morgan fingerprint density at radius 1 is 1.23 bits per heavy atom. The number of carbonyl (C=O) groups excluding carboxylic acids is 2. The maximum absolute atomic E-state index is 13.2. The Bertz CT molecular complexity index is 1510. The molecule has 0 saturated carbocycles. The predicted molar refractivity (Wildman–Crippen MR) is 131 cm³/mol. The zero-order valence-electron chi connectivity index (χ0n) is 18.6. The number of benzene rings is 2. The van der Waals surface area contributed by atoms with Gasteiger partial charge in [0.2, 0.25) is 11.8 Å². The first-order valence-corrected chi connectivity index (χ1v) is 11.2. The van der Waals surface area contributed by atoms with Crippen LogP contribution in [0.15, 0.2) is 60.8 Å². The third kappa shape index (κ3) is 4.16. The number of amides is 2. The molecule has 0 bridgehead atoms. The van der Waals surface area contributed by atoms with Crippen LogP contribution in [0.3, 0.4) is 0 Å². The van der Waals surface area contributed by atoms with Crippen LogP contribution in [0, 0.1) is 17.2 Å². The number of nitrogens with one attached hydrogen (secondary N) is 1. The fraction of sp³-hybridized carbons (Fsp3) is 0.160. The lowest BCUT2D eigenvalue weighted by atomic mass is 10.1. The third-order valence-electron chi connectivity index (χ3n) is 5.86. The molecule has 1 saturated heterocycles. The number of para-hydroxylation sites is 1. The lowest BCUT2D eigenvalue weighted by Gasteiger charge is -2.20. The van der Waals surface area contributed by atoms with Gasteiger partial charge in [-0.05, 0) is 36.4 Å². The van der Waals surface area contributed by atoms with Gasteiger partial charge in [0.05, 0.1) is 30.4 Å². The molecule has 1 fully saturated rings. The van der Waals surface area contributed by atoms with Gasteiger partial charge in [-0.1, -0.05) is 29.8 Å². The SMILES string of the molecule is COc1ccc(Cl)cc1N1CC(C(=O)Nc2c(C#N)cnn2-c2ccc3ccccc3n2)CC1=O. The molecule has 1 N–H and O–H groups in total. The van der Waals surface area contributed by atoms with E-state index >= 15 is 0 Å². The average Bonchev–Trinajstić information content (AvgIpc) is 3.46. The number of hydrogen-bond acceptors (Lipinski definition) is 6. The second-order valence-corrected chi connectivity index (χ2v) is 8.44. The van der Waals surface area contributed by atoms with Gasteiger partial charge in [0, 0.05) is 23.4 Å². The first-order valence-electron chi connectivity index (χ1n) is 10.8. The topological polar surface area (TPSA) is 113 Å². The van der Waals surface area contributed by atoms with Crippen LogP contribution in [-0.2, 0) is 9.59 Å². The van der Waals surface area contributed by atoms with Crippen molar-refractivity contribution < 1.29 is 14.3 Å². The summed E-state index contributed by atoms with van der Waals surface area (Å²) in [7, 11) is 1.50. The number of methoxy groups -OCH3 is 1. The van der Waals surface area contributed by atoms with Crippen molar-refractivity contribution in [1.82, 2.24) is 14.8 Å². The summed E-state index contributed by atoms with van der Waals surface area (Å²) in [6, 6.07) is 18.3. The highest BCUT2D eigenvalue weighted by Crippen LogP contribution is 2.35. The Labute approximate surface area is 205 Å². The summed E-state index contributed by atoms with van der Waals surface area (Å²) in [5.41, 5.74) is 1.44. The van der Waals surface area contributed by atoms with Crippen molar-refractivity contribution in [2.45, 2.75) is 6.42 Å². The normalized spacial score (nSPS) is 15.3. The molecule has 0 aliphatic carbocycles. The Balaban J connectivity index is 1.42. The molecule has 1 aliphatic heterocycles. The smallest absolute Gasteiger partial charge is 0.231 e. The van der Waals surface area contributed by atoms with E-state index in [4.69, 9.17) is 16.3 Å². The molecule has 174 valence electrons. The van der Waals surface area contributed by atoms with E-state index < -0.39 is 11.8 Å². The minimum atomic E-state index is -0.648. The van der Waals surface area contributed by atoms with Crippen LogP contribution in [0.2, 0.25) is 5.02 Å². The monoisotopic (exact) mass is 486 g/mol. The summed E-state index contributed by atoms with van der Waals surface area (Å²) in [6.45, 7) is 0.144. The van der Waals surface area contributed by atoms with Crippen LogP contribution in [0.4, 0.5) is 11.5 Å². The van der Waals surface area contributed by atoms with E-state index in [-0.39, 0.29) is 30.3 Å². The molecule has 2 amide bonds. The summed E-state index contributed by atoms with van der Waals surface area (Å²) in [5.74, 6) is -0.140. The van der Waals surface area contributed by atoms with E-state index in [0.29, 0.717) is 22.3 Å². The molecule has 0 radical (unpaired) electrons. The second-order valence-electron chi connectivity index (χ2n) is 8.00. The summed E-state index contributed by atoms with van der Waals surface area (Å²) < 4.78 is 6.77. The average molecular weight is 487 g/mol. The molecule has 5 rings (SSSR count). The molecule has 1 aliphatic rings. The summed E-state index contributed by atoms with van der Waals surface area (Å²) >= 11 is 6.12. The van der Waals surface area contributed by atoms with Crippen LogP contribution in [0.5, 0.6) is 5.75 Å². The fourth-order valence-corrected chi connectivity index (χ4v) is 4.27. The minimum Gasteiger partial charge on any atom is -0.495 e. The molecule has 3 heterocycles. The maximum atomic E-state index is 13.2. The van der Waals surface area contributed by atoms with Crippen molar-refractivity contribution in [2.75, 3.05) is 23.9 Å². The number of halogens is 1. The van der Waals surface area contributed by atoms with E-state index in [0.717, 1.165) is 10.9 Å². The molecule has 4 aromatic rings. The van der Waals surface area contributed by atoms with Crippen molar-refractivity contribution in [1.29, 1.82) is 5.26 Å². The highest BCUT2D eigenvalue weighted by atomic mass is 35.5. The van der Waals surface area contributed by atoms with Crippen molar-refractivity contribution in [3.63, 3.8) is 0 Å². The molecule has 2 aromatic carbocycles. The van der Waals surface area contributed by atoms with Gasteiger partial charge in [0.1, 0.15) is 17.4 Å². The molecular formula is C25H19ClN6O3. The first kappa shape index (κ1) is 22.4. The molecule has 35 heavy (non-hydrogen) atoms. The molecule has 10 heteroatoms. The summed E-state index contributed by atoms with van der Waals surface area (Å²) in [6.07, 6.45) is 1.38. The van der Waals surface area contributed by atoms with Gasteiger partial charge in [0.15, 0.2) is 11.6 Å². The predicted octanol–water partition coefficient (Wildman–Crippen LogP) is 3.95. The van der Waals surface area contributed by atoms with Gasteiger partial charge < -0.3 is 15.0 Å². The van der Waals surface area contributed by atoms with Crippen LogP contribution in [-0.4, -0.2) is 40.2 Å². The number of pyridine rings is 1. The van der Waals surface area contributed by atoms with Gasteiger partial charge in [-0.3, -0.25) is 9.59 Å². The van der Waals surface area contributed by atoms with Crippen LogP contribution >= 0.6 is 11.6 Å². The van der Waals surface area contributed by atoms with E-state index in [9.17, 15) is 14.9 Å². The Kier molecular flexibility index (Phi) is 5.81. The van der Waals surface area contributed by atoms with Gasteiger partial charge >= 0.3 is 0 Å². The number of nitriles is 1. The van der Waals surface area contributed by atoms with Crippen LogP contribution < -0.4 is 15.0 Å². The molecule has 1 unspecified atom stereocenters. The first-order chi connectivity index (χ1) is 17.0. The minimum absolute atomic E-state index is 0.00570. The Hall–Kier alpha value is -4.42. The highest BCUT2D eigenvalue weighted by Gasteiger charge is 2.37. The Morgan fingerprint density at radius 3 is 2.86 bits per heavy atom. The lowest BCUT2D eigenvalue weighted by Crippen LogP contribution is -2.29. The van der Waals surface area contributed by atoms with Gasteiger partial charge in [-0.25, -0.2) is 4.98 Å². The van der Waals surface area contributed by atoms with Crippen molar-refractivity contribution in [2.24, 2.45) is 5.92 Å². The number of rotatable bonds is 5. The number of aromatic nitrogens is 3. The molecular weight excluding hydrogens is 468 g/mol. The number of nitrogens with zero attached hydrogens (tertiary/aromatic N) is 5. The number of carbonyl (C=O) groups is 2. The summed E-state index contributed by atoms with van der Waals surface area (Å²) in [5, 5.41) is 18.0.